The normalized spacial score (nSPS) is 18.9. The second-order valence-electron chi connectivity index (χ2n) is 4.93. The predicted octanol–water partition coefficient (Wildman–Crippen LogP) is 1.07. The van der Waals surface area contributed by atoms with Crippen LogP contribution >= 0.6 is 11.8 Å². The zero-order valence-electron chi connectivity index (χ0n) is 11.5. The second-order valence-corrected chi connectivity index (χ2v) is 5.72. The minimum atomic E-state index is -0.311. The van der Waals surface area contributed by atoms with Crippen LogP contribution in [0.4, 0.5) is 0 Å². The number of thioether (sulfide) groups is 1. The van der Waals surface area contributed by atoms with Crippen LogP contribution in [0, 0.1) is 5.92 Å². The molecule has 1 fully saturated rings. The zero-order chi connectivity index (χ0) is 14.5. The fourth-order valence-corrected chi connectivity index (χ4v) is 3.02. The van der Waals surface area contributed by atoms with E-state index in [-0.39, 0.29) is 17.7 Å². The number of pyridine rings is 1. The Kier molecular flexibility index (Phi) is 5.00. The Morgan fingerprint density at radius 3 is 3.05 bits per heavy atom. The maximum Gasteiger partial charge on any atom is 0.227 e. The van der Waals surface area contributed by atoms with Crippen molar-refractivity contribution in [1.82, 2.24) is 9.88 Å². The Hall–Kier alpha value is -1.56. The predicted molar refractivity (Wildman–Crippen MR) is 78.2 cm³/mol. The molecule has 2 heterocycles. The summed E-state index contributed by atoms with van der Waals surface area (Å²) in [5.74, 6) is -0.477. The molecule has 0 spiro atoms. The first-order valence-corrected chi connectivity index (χ1v) is 7.89. The van der Waals surface area contributed by atoms with E-state index in [0.29, 0.717) is 19.5 Å². The van der Waals surface area contributed by atoms with E-state index in [1.807, 2.05) is 18.4 Å². The number of aromatic nitrogens is 1. The van der Waals surface area contributed by atoms with Gasteiger partial charge in [0.2, 0.25) is 11.8 Å². The molecule has 0 bridgehead atoms. The summed E-state index contributed by atoms with van der Waals surface area (Å²) in [5, 5.41) is 0.879. The highest BCUT2D eigenvalue weighted by atomic mass is 32.2. The maximum absolute atomic E-state index is 12.3. The molecule has 1 aromatic heterocycles. The molecule has 2 rings (SSSR count). The first kappa shape index (κ1) is 14.8. The van der Waals surface area contributed by atoms with Crippen LogP contribution in [-0.4, -0.2) is 41.0 Å². The lowest BCUT2D eigenvalue weighted by Gasteiger charge is -2.31. The van der Waals surface area contributed by atoms with E-state index >= 15 is 0 Å². The van der Waals surface area contributed by atoms with Crippen LogP contribution in [0.2, 0.25) is 0 Å². The number of nitrogens with two attached hydrogens (primary N) is 1. The van der Waals surface area contributed by atoms with Crippen molar-refractivity contribution in [2.45, 2.75) is 24.3 Å². The number of nitrogens with zero attached hydrogens (tertiary/aromatic N) is 2. The number of carbonyl (C=O) groups is 2. The third kappa shape index (κ3) is 3.50. The minimum absolute atomic E-state index is 0.0410. The quantitative estimate of drug-likeness (QED) is 0.843. The fraction of sp³-hybridized carbons (Fsp3) is 0.500. The average Bonchev–Trinajstić information content (AvgIpc) is 2.48. The van der Waals surface area contributed by atoms with Crippen molar-refractivity contribution < 1.29 is 9.59 Å². The minimum Gasteiger partial charge on any atom is -0.369 e. The van der Waals surface area contributed by atoms with E-state index in [1.165, 1.54) is 11.8 Å². The first-order chi connectivity index (χ1) is 9.61. The standard InChI is InChI=1S/C14H19N3O2S/c1-20-14-10(4-2-6-16-14)8-12(18)17-7-3-5-11(9-17)13(15)19/h2,4,6,11H,3,5,7-9H2,1H3,(H2,15,19)/t11-/m0/s1. The molecule has 2 N–H and O–H groups in total. The van der Waals surface area contributed by atoms with Crippen molar-refractivity contribution in [3.63, 3.8) is 0 Å². The van der Waals surface area contributed by atoms with Gasteiger partial charge in [0.25, 0.3) is 0 Å². The van der Waals surface area contributed by atoms with Gasteiger partial charge in [-0.25, -0.2) is 4.98 Å². The summed E-state index contributed by atoms with van der Waals surface area (Å²) in [6.07, 6.45) is 5.61. The highest BCUT2D eigenvalue weighted by Crippen LogP contribution is 2.20. The van der Waals surface area contributed by atoms with Gasteiger partial charge in [-0.3, -0.25) is 9.59 Å². The van der Waals surface area contributed by atoms with Crippen LogP contribution in [0.5, 0.6) is 0 Å². The molecule has 0 unspecified atom stereocenters. The SMILES string of the molecule is CSc1ncccc1CC(=O)N1CCC[C@H](C(N)=O)C1. The molecule has 5 nitrogen and oxygen atoms in total. The molecule has 1 atom stereocenters. The number of amides is 2. The van der Waals surface area contributed by atoms with Crippen LogP contribution in [0.15, 0.2) is 23.4 Å². The van der Waals surface area contributed by atoms with Gasteiger partial charge < -0.3 is 10.6 Å². The van der Waals surface area contributed by atoms with Crippen molar-refractivity contribution in [2.75, 3.05) is 19.3 Å². The van der Waals surface area contributed by atoms with Gasteiger partial charge in [-0.05, 0) is 30.7 Å². The number of hydrogen-bond donors (Lipinski definition) is 1. The van der Waals surface area contributed by atoms with Crippen molar-refractivity contribution in [3.05, 3.63) is 23.9 Å². The lowest BCUT2D eigenvalue weighted by Crippen LogP contribution is -2.44. The highest BCUT2D eigenvalue weighted by molar-refractivity contribution is 7.98. The number of rotatable bonds is 4. The zero-order valence-corrected chi connectivity index (χ0v) is 12.4. The van der Waals surface area contributed by atoms with E-state index < -0.39 is 0 Å². The number of primary amides is 1. The Morgan fingerprint density at radius 2 is 2.35 bits per heavy atom. The van der Waals surface area contributed by atoms with Gasteiger partial charge in [0.05, 0.1) is 17.4 Å². The van der Waals surface area contributed by atoms with E-state index in [0.717, 1.165) is 23.4 Å². The van der Waals surface area contributed by atoms with Gasteiger partial charge in [0.15, 0.2) is 0 Å². The second kappa shape index (κ2) is 6.74. The number of hydrogen-bond acceptors (Lipinski definition) is 4. The van der Waals surface area contributed by atoms with Crippen molar-refractivity contribution >= 4 is 23.6 Å². The summed E-state index contributed by atoms with van der Waals surface area (Å²) in [5.41, 5.74) is 6.27. The fourth-order valence-electron chi connectivity index (χ4n) is 2.45. The Balaban J connectivity index is 2.02. The van der Waals surface area contributed by atoms with Crippen LogP contribution in [0.25, 0.3) is 0 Å². The van der Waals surface area contributed by atoms with Crippen LogP contribution in [0.3, 0.4) is 0 Å². The van der Waals surface area contributed by atoms with Gasteiger partial charge in [-0.1, -0.05) is 6.07 Å². The van der Waals surface area contributed by atoms with E-state index in [1.54, 1.807) is 11.1 Å². The molecular formula is C14H19N3O2S. The largest absolute Gasteiger partial charge is 0.369 e. The van der Waals surface area contributed by atoms with Gasteiger partial charge in [0.1, 0.15) is 0 Å². The van der Waals surface area contributed by atoms with Gasteiger partial charge in [-0.2, -0.15) is 0 Å². The number of carbonyl (C=O) groups excluding carboxylic acids is 2. The van der Waals surface area contributed by atoms with E-state index in [2.05, 4.69) is 4.98 Å². The van der Waals surface area contributed by atoms with Gasteiger partial charge in [0, 0.05) is 19.3 Å². The van der Waals surface area contributed by atoms with E-state index in [4.69, 9.17) is 5.73 Å². The molecule has 1 aliphatic heterocycles. The molecule has 6 heteroatoms. The Morgan fingerprint density at radius 1 is 1.55 bits per heavy atom. The monoisotopic (exact) mass is 293 g/mol. The molecule has 0 saturated carbocycles. The topological polar surface area (TPSA) is 76.3 Å². The molecule has 2 amide bonds. The van der Waals surface area contributed by atoms with Gasteiger partial charge >= 0.3 is 0 Å². The van der Waals surface area contributed by atoms with Gasteiger partial charge in [-0.15, -0.1) is 11.8 Å². The Bertz CT molecular complexity index is 507. The Labute approximate surface area is 122 Å². The third-order valence-electron chi connectivity index (χ3n) is 3.56. The number of piperidine rings is 1. The lowest BCUT2D eigenvalue weighted by molar-refractivity contribution is -0.134. The molecule has 1 saturated heterocycles. The summed E-state index contributed by atoms with van der Waals surface area (Å²) in [7, 11) is 0. The first-order valence-electron chi connectivity index (χ1n) is 6.66. The van der Waals surface area contributed by atoms with Crippen LogP contribution in [0.1, 0.15) is 18.4 Å². The lowest BCUT2D eigenvalue weighted by atomic mass is 9.97. The molecule has 108 valence electrons. The van der Waals surface area contributed by atoms with Crippen LogP contribution in [-0.2, 0) is 16.0 Å². The average molecular weight is 293 g/mol. The summed E-state index contributed by atoms with van der Waals surface area (Å²) < 4.78 is 0. The van der Waals surface area contributed by atoms with Crippen molar-refractivity contribution in [3.8, 4) is 0 Å². The molecule has 20 heavy (non-hydrogen) atoms. The molecule has 0 aromatic carbocycles. The summed E-state index contributed by atoms with van der Waals surface area (Å²) in [6.45, 7) is 1.15. The molecular weight excluding hydrogens is 274 g/mol. The summed E-state index contributed by atoms with van der Waals surface area (Å²) in [6, 6.07) is 3.76. The maximum atomic E-state index is 12.3. The molecule has 1 aromatic rings. The summed E-state index contributed by atoms with van der Waals surface area (Å²) in [4.78, 5) is 29.6. The summed E-state index contributed by atoms with van der Waals surface area (Å²) >= 11 is 1.53. The third-order valence-corrected chi connectivity index (χ3v) is 4.32. The molecule has 0 radical (unpaired) electrons. The van der Waals surface area contributed by atoms with Crippen molar-refractivity contribution in [1.29, 1.82) is 0 Å². The molecule has 0 aliphatic carbocycles. The molecule has 1 aliphatic rings. The van der Waals surface area contributed by atoms with Crippen LogP contribution < -0.4 is 5.73 Å². The number of likely N-dealkylation sites (tertiary alicyclic amines) is 1. The van der Waals surface area contributed by atoms with Crippen molar-refractivity contribution in [2.24, 2.45) is 11.7 Å². The highest BCUT2D eigenvalue weighted by Gasteiger charge is 2.27. The van der Waals surface area contributed by atoms with E-state index in [9.17, 15) is 9.59 Å². The smallest absolute Gasteiger partial charge is 0.227 e.